The lowest BCUT2D eigenvalue weighted by atomic mass is 9.92. The lowest BCUT2D eigenvalue weighted by molar-refractivity contribution is 0.250. The molecule has 0 radical (unpaired) electrons. The predicted octanol–water partition coefficient (Wildman–Crippen LogP) is 0.466. The zero-order chi connectivity index (χ0) is 13.3. The lowest BCUT2D eigenvalue weighted by Crippen LogP contribution is -2.42. The number of sulfonamides is 1. The van der Waals surface area contributed by atoms with E-state index in [2.05, 4.69) is 10.2 Å². The lowest BCUT2D eigenvalue weighted by Gasteiger charge is -2.32. The van der Waals surface area contributed by atoms with Crippen LogP contribution in [0, 0.1) is 12.8 Å². The highest BCUT2D eigenvalue weighted by Crippen LogP contribution is 2.25. The number of H-pyrrole nitrogens is 1. The quantitative estimate of drug-likeness (QED) is 0.836. The highest BCUT2D eigenvalue weighted by atomic mass is 32.2. The number of aromatic amines is 1. The van der Waals surface area contributed by atoms with E-state index >= 15 is 0 Å². The van der Waals surface area contributed by atoms with Crippen LogP contribution in [0.3, 0.4) is 0 Å². The molecular weight excluding hydrogens is 252 g/mol. The Kier molecular flexibility index (Phi) is 3.74. The van der Waals surface area contributed by atoms with Crippen molar-refractivity contribution in [3.8, 4) is 0 Å². The van der Waals surface area contributed by atoms with Crippen molar-refractivity contribution in [2.45, 2.75) is 37.6 Å². The summed E-state index contributed by atoms with van der Waals surface area (Å²) >= 11 is 0. The van der Waals surface area contributed by atoms with E-state index in [1.807, 2.05) is 6.92 Å². The second-order valence-electron chi connectivity index (χ2n) is 4.96. The molecule has 1 aromatic heterocycles. The van der Waals surface area contributed by atoms with E-state index in [9.17, 15) is 8.42 Å². The van der Waals surface area contributed by atoms with Gasteiger partial charge in [0.15, 0.2) is 0 Å². The zero-order valence-electron chi connectivity index (χ0n) is 10.8. The minimum absolute atomic E-state index is 0.130. The maximum Gasteiger partial charge on any atom is 0.246 e. The molecule has 1 unspecified atom stereocenters. The predicted molar refractivity (Wildman–Crippen MR) is 68.5 cm³/mol. The number of hydrogen-bond donors (Lipinski definition) is 2. The van der Waals surface area contributed by atoms with Crippen LogP contribution in [0.2, 0.25) is 0 Å². The Hall–Kier alpha value is -0.920. The van der Waals surface area contributed by atoms with Crippen LogP contribution in [0.25, 0.3) is 0 Å². The third-order valence-electron chi connectivity index (χ3n) is 3.64. The highest BCUT2D eigenvalue weighted by molar-refractivity contribution is 7.89. The Morgan fingerprint density at radius 3 is 2.56 bits per heavy atom. The number of piperidine rings is 1. The molecule has 0 aromatic carbocycles. The van der Waals surface area contributed by atoms with E-state index < -0.39 is 10.0 Å². The number of nitrogens with two attached hydrogens (primary N) is 1. The topological polar surface area (TPSA) is 92.1 Å². The molecule has 1 saturated heterocycles. The van der Waals surface area contributed by atoms with Gasteiger partial charge in [-0.2, -0.15) is 9.40 Å². The summed E-state index contributed by atoms with van der Waals surface area (Å²) < 4.78 is 26.3. The van der Waals surface area contributed by atoms with Crippen molar-refractivity contribution in [3.05, 3.63) is 11.9 Å². The van der Waals surface area contributed by atoms with Gasteiger partial charge in [0.1, 0.15) is 4.90 Å². The molecule has 1 aliphatic heterocycles. The molecule has 6 nitrogen and oxygen atoms in total. The molecule has 0 amide bonds. The van der Waals surface area contributed by atoms with Crippen molar-refractivity contribution >= 4 is 10.0 Å². The van der Waals surface area contributed by atoms with E-state index in [0.29, 0.717) is 24.7 Å². The first-order chi connectivity index (χ1) is 8.43. The van der Waals surface area contributed by atoms with Crippen LogP contribution < -0.4 is 5.73 Å². The van der Waals surface area contributed by atoms with Crippen molar-refractivity contribution in [1.82, 2.24) is 14.5 Å². The summed E-state index contributed by atoms with van der Waals surface area (Å²) in [6.45, 7) is 4.78. The van der Waals surface area contributed by atoms with E-state index in [-0.39, 0.29) is 10.9 Å². The van der Waals surface area contributed by atoms with Gasteiger partial charge in [-0.3, -0.25) is 5.10 Å². The fourth-order valence-electron chi connectivity index (χ4n) is 2.38. The standard InChI is InChI=1S/C11H20N4O2S/c1-8(12)10-3-5-15(6-4-10)18(16,17)11-7-13-14-9(11)2/h7-8,10H,3-6,12H2,1-2H3,(H,13,14). The van der Waals surface area contributed by atoms with Gasteiger partial charge in [0.2, 0.25) is 10.0 Å². The fourth-order valence-corrected chi connectivity index (χ4v) is 3.97. The summed E-state index contributed by atoms with van der Waals surface area (Å²) in [5, 5.41) is 6.44. The smallest absolute Gasteiger partial charge is 0.246 e. The van der Waals surface area contributed by atoms with Gasteiger partial charge in [-0.05, 0) is 32.6 Å². The van der Waals surface area contributed by atoms with Gasteiger partial charge in [-0.15, -0.1) is 0 Å². The van der Waals surface area contributed by atoms with Gasteiger partial charge < -0.3 is 5.73 Å². The SMILES string of the molecule is Cc1[nH]ncc1S(=O)(=O)N1CCC(C(C)N)CC1. The summed E-state index contributed by atoms with van der Waals surface area (Å²) in [7, 11) is -3.40. The van der Waals surface area contributed by atoms with Gasteiger partial charge in [-0.25, -0.2) is 8.42 Å². The molecule has 0 saturated carbocycles. The molecule has 1 aromatic rings. The number of nitrogens with one attached hydrogen (secondary N) is 1. The molecule has 2 heterocycles. The second kappa shape index (κ2) is 4.99. The summed E-state index contributed by atoms with van der Waals surface area (Å²) in [5.74, 6) is 0.418. The fraction of sp³-hybridized carbons (Fsp3) is 0.727. The molecule has 0 aliphatic carbocycles. The summed E-state index contributed by atoms with van der Waals surface area (Å²) in [6, 6.07) is 0.130. The molecule has 102 valence electrons. The van der Waals surface area contributed by atoms with Crippen molar-refractivity contribution in [3.63, 3.8) is 0 Å². The number of aromatic nitrogens is 2. The Labute approximate surface area is 108 Å². The van der Waals surface area contributed by atoms with Gasteiger partial charge in [0.05, 0.1) is 11.9 Å². The average Bonchev–Trinajstić information content (AvgIpc) is 2.76. The van der Waals surface area contributed by atoms with Crippen LogP contribution in [-0.4, -0.2) is 42.1 Å². The normalized spacial score (nSPS) is 21.1. The van der Waals surface area contributed by atoms with Crippen molar-refractivity contribution in [2.75, 3.05) is 13.1 Å². The van der Waals surface area contributed by atoms with Gasteiger partial charge in [-0.1, -0.05) is 0 Å². The van der Waals surface area contributed by atoms with Crippen LogP contribution in [0.1, 0.15) is 25.5 Å². The van der Waals surface area contributed by atoms with Gasteiger partial charge in [0.25, 0.3) is 0 Å². The monoisotopic (exact) mass is 272 g/mol. The minimum Gasteiger partial charge on any atom is -0.328 e. The average molecular weight is 272 g/mol. The maximum absolute atomic E-state index is 12.4. The Morgan fingerprint density at radius 2 is 2.11 bits per heavy atom. The van der Waals surface area contributed by atoms with Crippen molar-refractivity contribution in [2.24, 2.45) is 11.7 Å². The molecular formula is C11H20N4O2S. The highest BCUT2D eigenvalue weighted by Gasteiger charge is 2.31. The van der Waals surface area contributed by atoms with E-state index in [1.165, 1.54) is 10.5 Å². The molecule has 0 bridgehead atoms. The largest absolute Gasteiger partial charge is 0.328 e. The van der Waals surface area contributed by atoms with Gasteiger partial charge >= 0.3 is 0 Å². The number of aryl methyl sites for hydroxylation is 1. The molecule has 1 aliphatic rings. The molecule has 0 spiro atoms. The minimum atomic E-state index is -3.40. The zero-order valence-corrected chi connectivity index (χ0v) is 11.6. The Bertz CT molecular complexity index is 501. The van der Waals surface area contributed by atoms with Crippen molar-refractivity contribution in [1.29, 1.82) is 0 Å². The summed E-state index contributed by atoms with van der Waals surface area (Å²) in [6.07, 6.45) is 3.03. The number of nitrogens with zero attached hydrogens (tertiary/aromatic N) is 2. The first-order valence-electron chi connectivity index (χ1n) is 6.18. The maximum atomic E-state index is 12.4. The number of rotatable bonds is 3. The molecule has 18 heavy (non-hydrogen) atoms. The summed E-state index contributed by atoms with van der Waals surface area (Å²) in [4.78, 5) is 0.279. The van der Waals surface area contributed by atoms with Crippen LogP contribution >= 0.6 is 0 Å². The molecule has 1 atom stereocenters. The third kappa shape index (κ3) is 2.43. The first kappa shape index (κ1) is 13.5. The van der Waals surface area contributed by atoms with Crippen LogP contribution in [0.5, 0.6) is 0 Å². The van der Waals surface area contributed by atoms with Crippen molar-refractivity contribution < 1.29 is 8.42 Å². The Morgan fingerprint density at radius 1 is 1.50 bits per heavy atom. The summed E-state index contributed by atoms with van der Waals surface area (Å²) in [5.41, 5.74) is 6.44. The second-order valence-corrected chi connectivity index (χ2v) is 6.87. The Balaban J connectivity index is 2.12. The molecule has 1 fully saturated rings. The molecule has 7 heteroatoms. The van der Waals surface area contributed by atoms with Crippen LogP contribution in [0.15, 0.2) is 11.1 Å². The third-order valence-corrected chi connectivity index (χ3v) is 5.66. The van der Waals surface area contributed by atoms with Crippen LogP contribution in [-0.2, 0) is 10.0 Å². The molecule has 2 rings (SSSR count). The van der Waals surface area contributed by atoms with Crippen LogP contribution in [0.4, 0.5) is 0 Å². The van der Waals surface area contributed by atoms with E-state index in [0.717, 1.165) is 12.8 Å². The van der Waals surface area contributed by atoms with E-state index in [1.54, 1.807) is 6.92 Å². The van der Waals surface area contributed by atoms with Gasteiger partial charge in [0, 0.05) is 19.1 Å². The first-order valence-corrected chi connectivity index (χ1v) is 7.62. The van der Waals surface area contributed by atoms with E-state index in [4.69, 9.17) is 5.73 Å². The molecule has 3 N–H and O–H groups in total. The number of hydrogen-bond acceptors (Lipinski definition) is 4.